The second kappa shape index (κ2) is 6.83. The monoisotopic (exact) mass is 349 g/mol. The molecule has 0 amide bonds. The minimum atomic E-state index is 0. The van der Waals surface area contributed by atoms with E-state index in [1.807, 2.05) is 39.0 Å². The molecule has 0 aliphatic heterocycles. The van der Waals surface area contributed by atoms with Gasteiger partial charge < -0.3 is 4.57 Å². The van der Waals surface area contributed by atoms with Crippen LogP contribution in [0.2, 0.25) is 5.02 Å². The minimum Gasteiger partial charge on any atom is -0.342 e. The maximum absolute atomic E-state index is 12.1. The van der Waals surface area contributed by atoms with Crippen LogP contribution in [0.1, 0.15) is 18.1 Å². The number of aromatic nitrogens is 1. The van der Waals surface area contributed by atoms with Crippen molar-refractivity contribution in [1.82, 2.24) is 4.57 Å². The van der Waals surface area contributed by atoms with Crippen LogP contribution >= 0.6 is 11.6 Å². The number of halogens is 1. The summed E-state index contributed by atoms with van der Waals surface area (Å²) in [4.78, 5) is 12.1. The molecular formula is C15H15ClNOY-. The van der Waals surface area contributed by atoms with Gasteiger partial charge in [0.05, 0.1) is 0 Å². The molecule has 0 aliphatic rings. The predicted molar refractivity (Wildman–Crippen MR) is 75.1 cm³/mol. The number of benzene rings is 1. The first-order chi connectivity index (χ1) is 8.54. The summed E-state index contributed by atoms with van der Waals surface area (Å²) in [5, 5.41) is 0.703. The molecule has 4 heteroatoms. The Balaban J connectivity index is 0.00000180. The van der Waals surface area contributed by atoms with Crippen LogP contribution in [0.15, 0.2) is 29.1 Å². The van der Waals surface area contributed by atoms with Crippen LogP contribution in [0, 0.1) is 19.9 Å². The zero-order chi connectivity index (χ0) is 13.3. The fourth-order valence-corrected chi connectivity index (χ4v) is 2.27. The molecule has 97 valence electrons. The van der Waals surface area contributed by atoms with Crippen molar-refractivity contribution in [2.24, 2.45) is 0 Å². The van der Waals surface area contributed by atoms with E-state index in [1.54, 1.807) is 10.6 Å². The average molecular weight is 350 g/mol. The van der Waals surface area contributed by atoms with Crippen LogP contribution in [0.4, 0.5) is 0 Å². The van der Waals surface area contributed by atoms with Gasteiger partial charge in [-0.3, -0.25) is 4.79 Å². The van der Waals surface area contributed by atoms with Crippen molar-refractivity contribution in [2.75, 3.05) is 0 Å². The summed E-state index contributed by atoms with van der Waals surface area (Å²) >= 11 is 5.96. The molecule has 0 aliphatic carbocycles. The van der Waals surface area contributed by atoms with E-state index in [1.165, 1.54) is 0 Å². The van der Waals surface area contributed by atoms with E-state index in [9.17, 15) is 4.79 Å². The first-order valence-electron chi connectivity index (χ1n) is 5.93. The molecule has 0 N–H and O–H groups in total. The molecule has 1 heterocycles. The molecule has 0 saturated heterocycles. The Bertz CT molecular complexity index is 649. The Morgan fingerprint density at radius 2 is 1.95 bits per heavy atom. The third kappa shape index (κ3) is 3.36. The van der Waals surface area contributed by atoms with Crippen molar-refractivity contribution >= 4 is 11.6 Å². The van der Waals surface area contributed by atoms with E-state index in [2.05, 4.69) is 6.07 Å². The molecule has 0 fully saturated rings. The number of hydrogen-bond donors (Lipinski definition) is 0. The average Bonchev–Trinajstić information content (AvgIpc) is 2.33. The Kier molecular flexibility index (Phi) is 5.97. The second-order valence-corrected chi connectivity index (χ2v) is 4.77. The molecule has 2 nitrogen and oxygen atoms in total. The predicted octanol–water partition coefficient (Wildman–Crippen LogP) is 3.60. The zero-order valence-electron chi connectivity index (χ0n) is 11.3. The Morgan fingerprint density at radius 3 is 2.53 bits per heavy atom. The SMILES string of the molecule is CCn1c(-c2ccc(Cl)cc2C)[c-]cc(C)c1=O.[Y]. The fraction of sp³-hybridized carbons (Fsp3) is 0.267. The van der Waals surface area contributed by atoms with Gasteiger partial charge in [-0.05, 0) is 6.92 Å². The fourth-order valence-electron chi connectivity index (χ4n) is 2.05. The molecule has 1 aromatic carbocycles. The first-order valence-corrected chi connectivity index (χ1v) is 6.31. The van der Waals surface area contributed by atoms with Gasteiger partial charge in [-0.2, -0.15) is 12.1 Å². The van der Waals surface area contributed by atoms with Crippen LogP contribution in [0.25, 0.3) is 11.3 Å². The Hall–Kier alpha value is -0.436. The van der Waals surface area contributed by atoms with Gasteiger partial charge in [0.15, 0.2) is 5.56 Å². The summed E-state index contributed by atoms with van der Waals surface area (Å²) in [5.74, 6) is 0. The van der Waals surface area contributed by atoms with Gasteiger partial charge in [0.25, 0.3) is 0 Å². The van der Waals surface area contributed by atoms with Crippen molar-refractivity contribution in [1.29, 1.82) is 0 Å². The van der Waals surface area contributed by atoms with Gasteiger partial charge in [0, 0.05) is 44.3 Å². The van der Waals surface area contributed by atoms with E-state index in [4.69, 9.17) is 11.6 Å². The smallest absolute Gasteiger partial charge is 0.197 e. The number of pyridine rings is 1. The van der Waals surface area contributed by atoms with E-state index in [0.717, 1.165) is 16.8 Å². The Morgan fingerprint density at radius 1 is 1.26 bits per heavy atom. The van der Waals surface area contributed by atoms with Crippen molar-refractivity contribution in [3.63, 3.8) is 0 Å². The molecule has 1 aromatic heterocycles. The van der Waals surface area contributed by atoms with Crippen LogP contribution in [-0.4, -0.2) is 4.57 Å². The van der Waals surface area contributed by atoms with Gasteiger partial charge in [0.2, 0.25) is 0 Å². The maximum Gasteiger partial charge on any atom is 0.197 e. The third-order valence-electron chi connectivity index (χ3n) is 3.04. The number of hydrogen-bond acceptors (Lipinski definition) is 1. The van der Waals surface area contributed by atoms with E-state index >= 15 is 0 Å². The topological polar surface area (TPSA) is 22.0 Å². The van der Waals surface area contributed by atoms with E-state index in [-0.39, 0.29) is 38.3 Å². The van der Waals surface area contributed by atoms with E-state index in [0.29, 0.717) is 17.1 Å². The van der Waals surface area contributed by atoms with Gasteiger partial charge in [-0.1, -0.05) is 60.0 Å². The molecule has 0 bridgehead atoms. The number of rotatable bonds is 2. The minimum absolute atomic E-state index is 0. The maximum atomic E-state index is 12.1. The summed E-state index contributed by atoms with van der Waals surface area (Å²) < 4.78 is 1.74. The van der Waals surface area contributed by atoms with Crippen LogP contribution in [0.3, 0.4) is 0 Å². The summed E-state index contributed by atoms with van der Waals surface area (Å²) in [6, 6.07) is 10.6. The third-order valence-corrected chi connectivity index (χ3v) is 3.27. The molecule has 1 radical (unpaired) electrons. The van der Waals surface area contributed by atoms with Gasteiger partial charge >= 0.3 is 0 Å². The van der Waals surface area contributed by atoms with E-state index < -0.39 is 0 Å². The molecule has 0 saturated carbocycles. The van der Waals surface area contributed by atoms with Gasteiger partial charge in [-0.15, -0.1) is 6.07 Å². The Labute approximate surface area is 143 Å². The van der Waals surface area contributed by atoms with Gasteiger partial charge in [-0.25, -0.2) is 0 Å². The van der Waals surface area contributed by atoms with Crippen molar-refractivity contribution in [2.45, 2.75) is 27.3 Å². The number of aryl methyl sites for hydroxylation is 2. The van der Waals surface area contributed by atoms with Crippen LogP contribution in [-0.2, 0) is 39.3 Å². The summed E-state index contributed by atoms with van der Waals surface area (Å²) in [6.07, 6.45) is 0. The summed E-state index contributed by atoms with van der Waals surface area (Å²) in [6.45, 7) is 6.39. The molecule has 2 rings (SSSR count). The normalized spacial score (nSPS) is 10.1. The first kappa shape index (κ1) is 16.6. The van der Waals surface area contributed by atoms with Crippen LogP contribution < -0.4 is 5.56 Å². The summed E-state index contributed by atoms with van der Waals surface area (Å²) in [7, 11) is 0. The molecule has 2 aromatic rings. The standard InChI is InChI=1S/C15H15ClNO.Y/c1-4-17-14(8-5-10(2)15(17)18)13-7-6-12(16)9-11(13)3;/h5-7,9H,4H2,1-3H3;/q-1;. The van der Waals surface area contributed by atoms with Crippen molar-refractivity contribution < 1.29 is 32.7 Å². The van der Waals surface area contributed by atoms with Crippen LogP contribution in [0.5, 0.6) is 0 Å². The molecule has 0 unspecified atom stereocenters. The summed E-state index contributed by atoms with van der Waals surface area (Å²) in [5.41, 5.74) is 3.62. The second-order valence-electron chi connectivity index (χ2n) is 4.33. The molecular weight excluding hydrogens is 335 g/mol. The van der Waals surface area contributed by atoms with Gasteiger partial charge in [0.1, 0.15) is 0 Å². The molecule has 0 spiro atoms. The number of nitrogens with zero attached hydrogens (tertiary/aromatic N) is 1. The molecule has 0 atom stereocenters. The largest absolute Gasteiger partial charge is 0.342 e. The van der Waals surface area contributed by atoms with Crippen molar-refractivity contribution in [3.8, 4) is 11.3 Å². The molecule has 19 heavy (non-hydrogen) atoms. The zero-order valence-corrected chi connectivity index (χ0v) is 14.9. The quantitative estimate of drug-likeness (QED) is 0.759. The van der Waals surface area contributed by atoms with Crippen molar-refractivity contribution in [3.05, 3.63) is 56.8 Å².